The number of nitrogens with one attached hydrogen (secondary N) is 1. The van der Waals surface area contributed by atoms with Gasteiger partial charge in [-0.3, -0.25) is 0 Å². The largest absolute Gasteiger partial charge is 0.487 e. The Bertz CT molecular complexity index is 376. The van der Waals surface area contributed by atoms with Gasteiger partial charge >= 0.3 is 0 Å². The summed E-state index contributed by atoms with van der Waals surface area (Å²) in [5.41, 5.74) is 0. The van der Waals surface area contributed by atoms with Crippen LogP contribution in [0.25, 0.3) is 0 Å². The van der Waals surface area contributed by atoms with Gasteiger partial charge in [-0.1, -0.05) is 0 Å². The molecule has 2 rings (SSSR count). The first-order chi connectivity index (χ1) is 8.65. The summed E-state index contributed by atoms with van der Waals surface area (Å²) < 4.78 is 5.76. The number of halogens is 1. The molecule has 18 heavy (non-hydrogen) atoms. The van der Waals surface area contributed by atoms with Crippen molar-refractivity contribution < 1.29 is 4.74 Å². The van der Waals surface area contributed by atoms with E-state index in [0.29, 0.717) is 11.4 Å². The molecule has 1 fully saturated rings. The maximum Gasteiger partial charge on any atom is 0.168 e. The van der Waals surface area contributed by atoms with Crippen molar-refractivity contribution >= 4 is 17.4 Å². The summed E-state index contributed by atoms with van der Waals surface area (Å²) in [5, 5.41) is 3.83. The second-order valence-electron chi connectivity index (χ2n) is 5.11. The molecule has 1 aromatic heterocycles. The normalized spacial score (nSPS) is 24.0. The molecule has 0 radical (unpaired) electrons. The molecule has 0 aliphatic heterocycles. The van der Waals surface area contributed by atoms with Crippen LogP contribution in [0.3, 0.4) is 0 Å². The quantitative estimate of drug-likeness (QED) is 0.843. The second-order valence-corrected chi connectivity index (χ2v) is 5.73. The van der Waals surface area contributed by atoms with Gasteiger partial charge in [0.25, 0.3) is 0 Å². The molecule has 1 aliphatic rings. The van der Waals surface area contributed by atoms with E-state index < -0.39 is 0 Å². The van der Waals surface area contributed by atoms with Gasteiger partial charge in [0.2, 0.25) is 0 Å². The third-order valence-electron chi connectivity index (χ3n) is 3.13. The topological polar surface area (TPSA) is 34.1 Å². The fraction of sp³-hybridized carbons (Fsp3) is 0.643. The molecule has 4 heteroatoms. The minimum Gasteiger partial charge on any atom is -0.487 e. The van der Waals surface area contributed by atoms with Crippen LogP contribution in [-0.2, 0) is 0 Å². The van der Waals surface area contributed by atoms with Crippen LogP contribution >= 0.6 is 11.6 Å². The van der Waals surface area contributed by atoms with Crippen molar-refractivity contribution in [2.45, 2.75) is 57.1 Å². The first-order valence-electron chi connectivity index (χ1n) is 6.67. The van der Waals surface area contributed by atoms with Crippen molar-refractivity contribution in [3.63, 3.8) is 0 Å². The summed E-state index contributed by atoms with van der Waals surface area (Å²) in [7, 11) is 0. The zero-order valence-electron chi connectivity index (χ0n) is 11.0. The molecule has 1 aromatic rings. The fourth-order valence-corrected chi connectivity index (χ4v) is 2.49. The third kappa shape index (κ3) is 3.77. The Morgan fingerprint density at radius 3 is 2.72 bits per heavy atom. The molecule has 1 aliphatic carbocycles. The lowest BCUT2D eigenvalue weighted by Crippen LogP contribution is -2.27. The van der Waals surface area contributed by atoms with Crippen molar-refractivity contribution in [3.05, 3.63) is 18.3 Å². The summed E-state index contributed by atoms with van der Waals surface area (Å²) in [4.78, 5) is 4.38. The first kappa shape index (κ1) is 13.5. The smallest absolute Gasteiger partial charge is 0.168 e. The Labute approximate surface area is 114 Å². The zero-order valence-corrected chi connectivity index (χ0v) is 11.8. The summed E-state index contributed by atoms with van der Waals surface area (Å²) >= 11 is 6.12. The average molecular weight is 269 g/mol. The predicted molar refractivity (Wildman–Crippen MR) is 75.5 cm³/mol. The number of alkyl halides is 1. The molecule has 0 aromatic carbocycles. The average Bonchev–Trinajstić information content (AvgIpc) is 2.34. The third-order valence-corrected chi connectivity index (χ3v) is 3.57. The molecule has 100 valence electrons. The van der Waals surface area contributed by atoms with E-state index in [-0.39, 0.29) is 6.10 Å². The number of ether oxygens (including phenoxy) is 1. The number of rotatable bonds is 4. The summed E-state index contributed by atoms with van der Waals surface area (Å²) in [6, 6.07) is 4.32. The first-order valence-corrected chi connectivity index (χ1v) is 7.11. The van der Waals surface area contributed by atoms with Gasteiger partial charge in [-0.05, 0) is 51.7 Å². The lowest BCUT2D eigenvalue weighted by atomic mass is 9.95. The van der Waals surface area contributed by atoms with E-state index in [1.165, 1.54) is 0 Å². The van der Waals surface area contributed by atoms with Gasteiger partial charge in [0.1, 0.15) is 0 Å². The van der Waals surface area contributed by atoms with Crippen LogP contribution in [0.2, 0.25) is 0 Å². The van der Waals surface area contributed by atoms with E-state index >= 15 is 0 Å². The molecule has 0 spiro atoms. The van der Waals surface area contributed by atoms with Gasteiger partial charge in [-0.2, -0.15) is 0 Å². The molecule has 1 heterocycles. The highest BCUT2D eigenvalue weighted by atomic mass is 35.5. The molecule has 3 nitrogen and oxygen atoms in total. The summed E-state index contributed by atoms with van der Waals surface area (Å²) in [6.07, 6.45) is 6.31. The molecule has 1 N–H and O–H groups in total. The highest BCUT2D eigenvalue weighted by molar-refractivity contribution is 6.20. The number of aromatic nitrogens is 1. The Balaban J connectivity index is 2.00. The molecular weight excluding hydrogens is 248 g/mol. The van der Waals surface area contributed by atoms with E-state index in [1.807, 2.05) is 26.0 Å². The van der Waals surface area contributed by atoms with Gasteiger partial charge in [0.05, 0.1) is 6.10 Å². The van der Waals surface area contributed by atoms with E-state index in [2.05, 4.69) is 10.3 Å². The molecule has 0 atom stereocenters. The monoisotopic (exact) mass is 268 g/mol. The van der Waals surface area contributed by atoms with Crippen LogP contribution in [0.4, 0.5) is 5.82 Å². The Hall–Kier alpha value is -0.960. The van der Waals surface area contributed by atoms with Crippen LogP contribution < -0.4 is 10.1 Å². The highest BCUT2D eigenvalue weighted by Gasteiger charge is 2.20. The van der Waals surface area contributed by atoms with Gasteiger partial charge in [-0.15, -0.1) is 11.6 Å². The van der Waals surface area contributed by atoms with Crippen LogP contribution in [0.15, 0.2) is 18.3 Å². The predicted octanol–water partition coefficient (Wildman–Crippen LogP) is 3.83. The van der Waals surface area contributed by atoms with Crippen LogP contribution in [0, 0.1) is 0 Å². The van der Waals surface area contributed by atoms with Gasteiger partial charge < -0.3 is 10.1 Å². The number of nitrogens with zero attached hydrogens (tertiary/aromatic N) is 1. The van der Waals surface area contributed by atoms with Gasteiger partial charge in [-0.25, -0.2) is 4.98 Å². The van der Waals surface area contributed by atoms with Crippen molar-refractivity contribution in [3.8, 4) is 5.75 Å². The lowest BCUT2D eigenvalue weighted by molar-refractivity contribution is 0.242. The Kier molecular flexibility index (Phi) is 4.70. The summed E-state index contributed by atoms with van der Waals surface area (Å²) in [5.74, 6) is 1.68. The Morgan fingerprint density at radius 1 is 1.33 bits per heavy atom. The van der Waals surface area contributed by atoms with Crippen molar-refractivity contribution in [1.82, 2.24) is 4.98 Å². The van der Waals surface area contributed by atoms with E-state index in [9.17, 15) is 0 Å². The maximum atomic E-state index is 6.12. The Morgan fingerprint density at radius 2 is 2.06 bits per heavy atom. The van der Waals surface area contributed by atoms with Crippen molar-refractivity contribution in [2.24, 2.45) is 0 Å². The number of hydrogen-bond donors (Lipinski definition) is 1. The maximum absolute atomic E-state index is 6.12. The number of hydrogen-bond acceptors (Lipinski definition) is 3. The lowest BCUT2D eigenvalue weighted by Gasteiger charge is -2.27. The number of anilines is 1. The SMILES string of the molecule is CC(C)Oc1cccnc1NC1CCC(Cl)CC1. The van der Waals surface area contributed by atoms with Crippen LogP contribution in [-0.4, -0.2) is 22.5 Å². The molecule has 0 bridgehead atoms. The molecule has 0 saturated heterocycles. The minimum absolute atomic E-state index is 0.160. The molecule has 0 amide bonds. The van der Waals surface area contributed by atoms with E-state index in [4.69, 9.17) is 16.3 Å². The fourth-order valence-electron chi connectivity index (χ4n) is 2.24. The highest BCUT2D eigenvalue weighted by Crippen LogP contribution is 2.28. The van der Waals surface area contributed by atoms with E-state index in [1.54, 1.807) is 6.20 Å². The van der Waals surface area contributed by atoms with E-state index in [0.717, 1.165) is 37.3 Å². The number of pyridine rings is 1. The molecule has 0 unspecified atom stereocenters. The van der Waals surface area contributed by atoms with Crippen LogP contribution in [0.5, 0.6) is 5.75 Å². The molecular formula is C14H21ClN2O. The second kappa shape index (κ2) is 6.28. The van der Waals surface area contributed by atoms with Crippen LogP contribution in [0.1, 0.15) is 39.5 Å². The van der Waals surface area contributed by atoms with Gasteiger partial charge in [0, 0.05) is 17.6 Å². The zero-order chi connectivity index (χ0) is 13.0. The van der Waals surface area contributed by atoms with Crippen molar-refractivity contribution in [1.29, 1.82) is 0 Å². The molecule has 1 saturated carbocycles. The van der Waals surface area contributed by atoms with Crippen molar-refractivity contribution in [2.75, 3.05) is 5.32 Å². The minimum atomic E-state index is 0.160. The standard InChI is InChI=1S/C14H21ClN2O/c1-10(2)18-13-4-3-9-16-14(13)17-12-7-5-11(15)6-8-12/h3-4,9-12H,5-8H2,1-2H3,(H,16,17). The van der Waals surface area contributed by atoms with Gasteiger partial charge in [0.15, 0.2) is 11.6 Å². The summed E-state index contributed by atoms with van der Waals surface area (Å²) in [6.45, 7) is 4.05.